The van der Waals surface area contributed by atoms with Crippen LogP contribution >= 0.6 is 15.9 Å². The van der Waals surface area contributed by atoms with Crippen LogP contribution < -0.4 is 4.72 Å². The first-order valence-corrected chi connectivity index (χ1v) is 8.66. The molecule has 0 aliphatic rings. The number of nitrogens with one attached hydrogen (secondary N) is 1. The van der Waals surface area contributed by atoms with Gasteiger partial charge < -0.3 is 5.11 Å². The largest absolute Gasteiger partial charge is 0.394 e. The summed E-state index contributed by atoms with van der Waals surface area (Å²) in [5.41, 5.74) is 1.55. The molecule has 0 spiro atoms. The lowest BCUT2D eigenvalue weighted by Crippen LogP contribution is -2.30. The predicted molar refractivity (Wildman–Crippen MR) is 85.5 cm³/mol. The van der Waals surface area contributed by atoms with Crippen LogP contribution in [-0.4, -0.2) is 20.1 Å². The monoisotopic (exact) mass is 369 g/mol. The van der Waals surface area contributed by atoms with Gasteiger partial charge in [-0.15, -0.1) is 0 Å². The summed E-state index contributed by atoms with van der Waals surface area (Å²) in [6.45, 7) is 1.52. The summed E-state index contributed by atoms with van der Waals surface area (Å²) in [6.07, 6.45) is 0. The molecule has 1 atom stereocenters. The van der Waals surface area contributed by atoms with Crippen LogP contribution in [0.5, 0.6) is 0 Å². The van der Waals surface area contributed by atoms with Crippen molar-refractivity contribution in [2.75, 3.05) is 6.61 Å². The number of aryl methyl sites for hydroxylation is 1. The van der Waals surface area contributed by atoms with Crippen LogP contribution in [0.3, 0.4) is 0 Å². The Labute approximate surface area is 133 Å². The molecular formula is C15H16BrNO3S. The van der Waals surface area contributed by atoms with Gasteiger partial charge in [0.25, 0.3) is 0 Å². The first-order valence-electron chi connectivity index (χ1n) is 6.38. The minimum absolute atomic E-state index is 0.178. The molecule has 0 bridgehead atoms. The molecule has 0 aliphatic carbocycles. The van der Waals surface area contributed by atoms with E-state index in [1.165, 1.54) is 6.07 Å². The van der Waals surface area contributed by atoms with Gasteiger partial charge in [0.15, 0.2) is 0 Å². The lowest BCUT2D eigenvalue weighted by atomic mass is 10.1. The van der Waals surface area contributed by atoms with Gasteiger partial charge in [0.2, 0.25) is 10.0 Å². The Morgan fingerprint density at radius 3 is 2.43 bits per heavy atom. The molecule has 0 saturated carbocycles. The van der Waals surface area contributed by atoms with Crippen molar-refractivity contribution in [3.05, 3.63) is 64.1 Å². The summed E-state index contributed by atoms with van der Waals surface area (Å²) in [7, 11) is -3.69. The molecule has 0 saturated heterocycles. The van der Waals surface area contributed by atoms with Crippen molar-refractivity contribution in [1.29, 1.82) is 0 Å². The molecule has 0 aromatic heterocycles. The molecule has 0 fully saturated rings. The van der Waals surface area contributed by atoms with Crippen LogP contribution in [0.2, 0.25) is 0 Å². The molecule has 0 aliphatic heterocycles. The topological polar surface area (TPSA) is 66.4 Å². The highest BCUT2D eigenvalue weighted by Crippen LogP contribution is 2.22. The molecule has 2 aromatic carbocycles. The zero-order chi connectivity index (χ0) is 15.5. The molecule has 0 unspecified atom stereocenters. The fraction of sp³-hybridized carbons (Fsp3) is 0.200. The number of benzene rings is 2. The van der Waals surface area contributed by atoms with E-state index < -0.39 is 16.1 Å². The van der Waals surface area contributed by atoms with Crippen molar-refractivity contribution in [3.8, 4) is 0 Å². The van der Waals surface area contributed by atoms with Gasteiger partial charge >= 0.3 is 0 Å². The number of hydrogen-bond acceptors (Lipinski definition) is 3. The average Bonchev–Trinajstić information content (AvgIpc) is 2.48. The Balaban J connectivity index is 2.29. The van der Waals surface area contributed by atoms with Crippen molar-refractivity contribution in [2.45, 2.75) is 17.9 Å². The van der Waals surface area contributed by atoms with E-state index in [1.54, 1.807) is 36.4 Å². The van der Waals surface area contributed by atoms with E-state index in [9.17, 15) is 13.5 Å². The quantitative estimate of drug-likeness (QED) is 0.851. The van der Waals surface area contributed by atoms with Crippen LogP contribution in [0.4, 0.5) is 0 Å². The van der Waals surface area contributed by atoms with Crippen molar-refractivity contribution in [2.24, 2.45) is 0 Å². The Hall–Kier alpha value is -1.21. The fourth-order valence-corrected chi connectivity index (χ4v) is 3.48. The number of aliphatic hydroxyl groups is 1. The molecule has 2 N–H and O–H groups in total. The predicted octanol–water partition coefficient (Wildman–Crippen LogP) is 2.77. The van der Waals surface area contributed by atoms with Crippen LogP contribution in [0.15, 0.2) is 57.9 Å². The van der Waals surface area contributed by atoms with Crippen molar-refractivity contribution in [3.63, 3.8) is 0 Å². The van der Waals surface area contributed by atoms with Gasteiger partial charge in [-0.2, -0.15) is 0 Å². The lowest BCUT2D eigenvalue weighted by Gasteiger charge is -2.17. The molecule has 4 nitrogen and oxygen atoms in total. The molecule has 21 heavy (non-hydrogen) atoms. The molecule has 2 rings (SSSR count). The van der Waals surface area contributed by atoms with Crippen LogP contribution in [0, 0.1) is 6.92 Å². The molecule has 2 aromatic rings. The number of hydrogen-bond donors (Lipinski definition) is 2. The highest BCUT2D eigenvalue weighted by Gasteiger charge is 2.21. The summed E-state index contributed by atoms with van der Waals surface area (Å²) < 4.78 is 28.2. The molecular weight excluding hydrogens is 354 g/mol. The van der Waals surface area contributed by atoms with Gasteiger partial charge in [0.1, 0.15) is 0 Å². The van der Waals surface area contributed by atoms with Crippen molar-refractivity contribution in [1.82, 2.24) is 4.72 Å². The van der Waals surface area contributed by atoms with Gasteiger partial charge in [0, 0.05) is 4.47 Å². The van der Waals surface area contributed by atoms with Crippen molar-refractivity contribution < 1.29 is 13.5 Å². The van der Waals surface area contributed by atoms with E-state index in [1.807, 2.05) is 13.0 Å². The second kappa shape index (κ2) is 6.70. The van der Waals surface area contributed by atoms with E-state index >= 15 is 0 Å². The Morgan fingerprint density at radius 2 is 1.86 bits per heavy atom. The van der Waals surface area contributed by atoms with E-state index in [2.05, 4.69) is 20.7 Å². The Morgan fingerprint density at radius 1 is 1.19 bits per heavy atom. The number of rotatable bonds is 5. The third-order valence-electron chi connectivity index (χ3n) is 3.12. The number of aliphatic hydroxyl groups excluding tert-OH is 1. The summed E-state index contributed by atoms with van der Waals surface area (Å²) in [6, 6.07) is 13.1. The first-order chi connectivity index (χ1) is 9.94. The van der Waals surface area contributed by atoms with Crippen LogP contribution in [0.1, 0.15) is 17.2 Å². The SMILES string of the molecule is Cc1cc(S(=O)(=O)N[C@H](CO)c2ccccc2)ccc1Br. The number of halogens is 1. The molecule has 0 heterocycles. The summed E-state index contributed by atoms with van der Waals surface area (Å²) in [4.78, 5) is 0.178. The van der Waals surface area contributed by atoms with Crippen LogP contribution in [-0.2, 0) is 10.0 Å². The molecule has 0 amide bonds. The summed E-state index contributed by atoms with van der Waals surface area (Å²) in [5, 5.41) is 9.45. The van der Waals surface area contributed by atoms with E-state index in [0.717, 1.165) is 15.6 Å². The minimum atomic E-state index is -3.69. The fourth-order valence-electron chi connectivity index (χ4n) is 1.94. The zero-order valence-electron chi connectivity index (χ0n) is 11.5. The van der Waals surface area contributed by atoms with E-state index in [0.29, 0.717) is 0 Å². The Kier molecular flexibility index (Phi) is 5.16. The third kappa shape index (κ3) is 3.91. The maximum Gasteiger partial charge on any atom is 0.241 e. The highest BCUT2D eigenvalue weighted by atomic mass is 79.9. The van der Waals surface area contributed by atoms with E-state index in [4.69, 9.17) is 0 Å². The zero-order valence-corrected chi connectivity index (χ0v) is 13.9. The summed E-state index contributed by atoms with van der Waals surface area (Å²) in [5.74, 6) is 0. The maximum absolute atomic E-state index is 12.4. The lowest BCUT2D eigenvalue weighted by molar-refractivity contribution is 0.259. The second-order valence-electron chi connectivity index (χ2n) is 4.68. The molecule has 0 radical (unpaired) electrons. The average molecular weight is 370 g/mol. The van der Waals surface area contributed by atoms with Gasteiger partial charge in [-0.1, -0.05) is 46.3 Å². The third-order valence-corrected chi connectivity index (χ3v) is 5.48. The van der Waals surface area contributed by atoms with E-state index in [-0.39, 0.29) is 11.5 Å². The van der Waals surface area contributed by atoms with Gasteiger partial charge in [-0.25, -0.2) is 13.1 Å². The molecule has 112 valence electrons. The number of sulfonamides is 1. The van der Waals surface area contributed by atoms with Gasteiger partial charge in [0.05, 0.1) is 17.5 Å². The Bertz CT molecular complexity index is 717. The molecule has 6 heteroatoms. The van der Waals surface area contributed by atoms with Gasteiger partial charge in [-0.05, 0) is 36.2 Å². The van der Waals surface area contributed by atoms with Crippen molar-refractivity contribution >= 4 is 26.0 Å². The van der Waals surface area contributed by atoms with Gasteiger partial charge in [-0.3, -0.25) is 0 Å². The first kappa shape index (κ1) is 16.2. The maximum atomic E-state index is 12.4. The standard InChI is InChI=1S/C15H16BrNO3S/c1-11-9-13(7-8-14(11)16)21(19,20)17-15(10-18)12-5-3-2-4-6-12/h2-9,15,17-18H,10H2,1H3/t15-/m1/s1. The second-order valence-corrected chi connectivity index (χ2v) is 7.25. The minimum Gasteiger partial charge on any atom is -0.394 e. The van der Waals surface area contributed by atoms with Crippen LogP contribution in [0.25, 0.3) is 0 Å². The normalized spacial score (nSPS) is 13.1. The summed E-state index contributed by atoms with van der Waals surface area (Å²) >= 11 is 3.34. The smallest absolute Gasteiger partial charge is 0.241 e. The highest BCUT2D eigenvalue weighted by molar-refractivity contribution is 9.10.